The molecule has 0 aliphatic heterocycles. The van der Waals surface area contributed by atoms with Crippen LogP contribution in [0.3, 0.4) is 0 Å². The van der Waals surface area contributed by atoms with Gasteiger partial charge in [0.25, 0.3) is 5.89 Å². The van der Waals surface area contributed by atoms with Gasteiger partial charge in [-0.15, -0.1) is 0 Å². The van der Waals surface area contributed by atoms with Gasteiger partial charge in [0.1, 0.15) is 6.33 Å². The number of nitrogens with zero attached hydrogens (tertiary/aromatic N) is 4. The third kappa shape index (κ3) is 1.99. The third-order valence-electron chi connectivity index (χ3n) is 2.48. The van der Waals surface area contributed by atoms with Crippen LogP contribution in [0.2, 0.25) is 0 Å². The van der Waals surface area contributed by atoms with E-state index in [9.17, 15) is 5.11 Å². The maximum absolute atomic E-state index is 9.70. The molecule has 19 heavy (non-hydrogen) atoms. The molecule has 0 amide bonds. The summed E-state index contributed by atoms with van der Waals surface area (Å²) in [7, 11) is 1.48. The Morgan fingerprint density at radius 3 is 2.95 bits per heavy atom. The molecule has 8 heteroatoms. The van der Waals surface area contributed by atoms with Crippen molar-refractivity contribution >= 4 is 0 Å². The zero-order chi connectivity index (χ0) is 13.2. The quantitative estimate of drug-likeness (QED) is 0.727. The Bertz CT molecular complexity index is 692. The minimum atomic E-state index is -0.000541. The molecule has 0 atom stereocenters. The van der Waals surface area contributed by atoms with Gasteiger partial charge in [0.15, 0.2) is 17.3 Å². The molecule has 2 N–H and O–H groups in total. The number of aromatic nitrogens is 5. The van der Waals surface area contributed by atoms with Crippen LogP contribution in [0, 0.1) is 0 Å². The fourth-order valence-electron chi connectivity index (χ4n) is 1.57. The molecule has 3 rings (SSSR count). The molecule has 8 nitrogen and oxygen atoms in total. The van der Waals surface area contributed by atoms with E-state index in [0.29, 0.717) is 23.0 Å². The Hall–Kier alpha value is -2.90. The van der Waals surface area contributed by atoms with Crippen molar-refractivity contribution in [1.29, 1.82) is 0 Å². The van der Waals surface area contributed by atoms with Gasteiger partial charge in [-0.05, 0) is 18.2 Å². The van der Waals surface area contributed by atoms with Crippen LogP contribution in [0.1, 0.15) is 0 Å². The van der Waals surface area contributed by atoms with Crippen molar-refractivity contribution in [2.45, 2.75) is 0 Å². The van der Waals surface area contributed by atoms with Crippen LogP contribution in [0.15, 0.2) is 29.0 Å². The number of benzene rings is 1. The molecular formula is C11H9N5O3. The fourth-order valence-corrected chi connectivity index (χ4v) is 1.57. The molecule has 0 fully saturated rings. The predicted molar refractivity (Wildman–Crippen MR) is 63.3 cm³/mol. The molecule has 0 bridgehead atoms. The summed E-state index contributed by atoms with van der Waals surface area (Å²) < 4.78 is 10.1. The van der Waals surface area contributed by atoms with E-state index in [0.717, 1.165) is 0 Å². The average Bonchev–Trinajstić information content (AvgIpc) is 3.09. The SMILES string of the molecule is COc1ccc(-c2nc(-c3ncn[nH]3)no2)cc1O. The summed E-state index contributed by atoms with van der Waals surface area (Å²) in [6, 6.07) is 4.80. The number of methoxy groups -OCH3 is 1. The first-order valence-corrected chi connectivity index (χ1v) is 5.35. The largest absolute Gasteiger partial charge is 0.504 e. The van der Waals surface area contributed by atoms with Crippen molar-refractivity contribution < 1.29 is 14.4 Å². The summed E-state index contributed by atoms with van der Waals surface area (Å²) in [6.45, 7) is 0. The molecule has 2 heterocycles. The molecule has 0 spiro atoms. The second-order valence-electron chi connectivity index (χ2n) is 3.64. The standard InChI is InChI=1S/C11H9N5O3/c1-18-8-3-2-6(4-7(8)17)11-14-10(16-19-11)9-12-5-13-15-9/h2-5,17H,1H3,(H,12,13,15). The molecule has 2 aromatic heterocycles. The van der Waals surface area contributed by atoms with Crippen molar-refractivity contribution in [3.05, 3.63) is 24.5 Å². The summed E-state index contributed by atoms with van der Waals surface area (Å²) in [5.74, 6) is 1.35. The lowest BCUT2D eigenvalue weighted by Crippen LogP contribution is -1.85. The van der Waals surface area contributed by atoms with Crippen LogP contribution >= 0.6 is 0 Å². The first-order valence-electron chi connectivity index (χ1n) is 5.35. The molecule has 0 saturated heterocycles. The van der Waals surface area contributed by atoms with Crippen LogP contribution in [0.25, 0.3) is 23.1 Å². The van der Waals surface area contributed by atoms with Gasteiger partial charge in [0.05, 0.1) is 7.11 Å². The van der Waals surface area contributed by atoms with Gasteiger partial charge in [-0.3, -0.25) is 5.10 Å². The van der Waals surface area contributed by atoms with Gasteiger partial charge < -0.3 is 14.4 Å². The number of hydrogen-bond donors (Lipinski definition) is 2. The summed E-state index contributed by atoms with van der Waals surface area (Å²) in [5.41, 5.74) is 0.580. The van der Waals surface area contributed by atoms with E-state index in [1.807, 2.05) is 0 Å². The number of phenolic OH excluding ortho intramolecular Hbond substituents is 1. The summed E-state index contributed by atoms with van der Waals surface area (Å²) >= 11 is 0. The summed E-state index contributed by atoms with van der Waals surface area (Å²) in [6.07, 6.45) is 1.35. The lowest BCUT2D eigenvalue weighted by molar-refractivity contribution is 0.373. The Kier molecular flexibility index (Phi) is 2.60. The van der Waals surface area contributed by atoms with Crippen molar-refractivity contribution in [2.24, 2.45) is 0 Å². The van der Waals surface area contributed by atoms with E-state index >= 15 is 0 Å². The Balaban J connectivity index is 1.97. The van der Waals surface area contributed by atoms with Crippen LogP contribution in [-0.2, 0) is 0 Å². The van der Waals surface area contributed by atoms with Crippen LogP contribution < -0.4 is 4.74 Å². The highest BCUT2D eigenvalue weighted by Crippen LogP contribution is 2.31. The van der Waals surface area contributed by atoms with Gasteiger partial charge in [0, 0.05) is 5.56 Å². The van der Waals surface area contributed by atoms with Gasteiger partial charge in [-0.1, -0.05) is 5.16 Å². The van der Waals surface area contributed by atoms with E-state index in [2.05, 4.69) is 25.3 Å². The first-order chi connectivity index (χ1) is 9.28. The zero-order valence-corrected chi connectivity index (χ0v) is 9.86. The smallest absolute Gasteiger partial charge is 0.258 e. The maximum Gasteiger partial charge on any atom is 0.258 e. The first kappa shape index (κ1) is 11.2. The fraction of sp³-hybridized carbons (Fsp3) is 0.0909. The lowest BCUT2D eigenvalue weighted by atomic mass is 10.2. The van der Waals surface area contributed by atoms with Crippen molar-refractivity contribution in [3.63, 3.8) is 0 Å². The highest BCUT2D eigenvalue weighted by Gasteiger charge is 2.14. The number of rotatable bonds is 3. The number of ether oxygens (including phenoxy) is 1. The summed E-state index contributed by atoms with van der Waals surface area (Å²) in [4.78, 5) is 8.07. The van der Waals surface area contributed by atoms with Crippen molar-refractivity contribution in [1.82, 2.24) is 25.3 Å². The number of aromatic hydroxyl groups is 1. The number of nitrogens with one attached hydrogen (secondary N) is 1. The Labute approximate surface area is 107 Å². The van der Waals surface area contributed by atoms with Gasteiger partial charge in [0.2, 0.25) is 5.82 Å². The zero-order valence-electron chi connectivity index (χ0n) is 9.86. The second kappa shape index (κ2) is 4.41. The van der Waals surface area contributed by atoms with E-state index in [4.69, 9.17) is 9.26 Å². The molecule has 96 valence electrons. The molecule has 0 aliphatic rings. The van der Waals surface area contributed by atoms with Crippen LogP contribution in [-0.4, -0.2) is 37.5 Å². The topological polar surface area (TPSA) is 110 Å². The number of H-pyrrole nitrogens is 1. The molecule has 3 aromatic rings. The van der Waals surface area contributed by atoms with Crippen LogP contribution in [0.5, 0.6) is 11.5 Å². The normalized spacial score (nSPS) is 10.6. The molecule has 0 saturated carbocycles. The van der Waals surface area contributed by atoms with E-state index in [1.165, 1.54) is 19.5 Å². The predicted octanol–water partition coefficient (Wildman–Crippen LogP) is 1.24. The van der Waals surface area contributed by atoms with Crippen LogP contribution in [0.4, 0.5) is 0 Å². The molecular weight excluding hydrogens is 250 g/mol. The van der Waals surface area contributed by atoms with Gasteiger partial charge in [-0.25, -0.2) is 4.98 Å². The van der Waals surface area contributed by atoms with E-state index < -0.39 is 0 Å². The second-order valence-corrected chi connectivity index (χ2v) is 3.64. The molecule has 0 aliphatic carbocycles. The third-order valence-corrected chi connectivity index (χ3v) is 2.48. The number of hydrogen-bond acceptors (Lipinski definition) is 7. The Morgan fingerprint density at radius 2 is 2.26 bits per heavy atom. The van der Waals surface area contributed by atoms with Crippen molar-refractivity contribution in [3.8, 4) is 34.6 Å². The van der Waals surface area contributed by atoms with E-state index in [1.54, 1.807) is 12.1 Å². The summed E-state index contributed by atoms with van der Waals surface area (Å²) in [5, 5.41) is 19.8. The molecule has 0 radical (unpaired) electrons. The molecule has 1 aromatic carbocycles. The Morgan fingerprint density at radius 1 is 1.37 bits per heavy atom. The highest BCUT2D eigenvalue weighted by atomic mass is 16.5. The minimum Gasteiger partial charge on any atom is -0.504 e. The minimum absolute atomic E-state index is 0.000541. The monoisotopic (exact) mass is 259 g/mol. The number of aromatic amines is 1. The maximum atomic E-state index is 9.70. The average molecular weight is 259 g/mol. The highest BCUT2D eigenvalue weighted by molar-refractivity contribution is 5.60. The number of phenols is 1. The van der Waals surface area contributed by atoms with E-state index in [-0.39, 0.29) is 11.6 Å². The van der Waals surface area contributed by atoms with Gasteiger partial charge >= 0.3 is 0 Å². The van der Waals surface area contributed by atoms with Gasteiger partial charge in [-0.2, -0.15) is 10.1 Å². The van der Waals surface area contributed by atoms with Crippen molar-refractivity contribution in [2.75, 3.05) is 7.11 Å². The molecule has 0 unspecified atom stereocenters. The lowest BCUT2D eigenvalue weighted by Gasteiger charge is -2.02.